The van der Waals surface area contributed by atoms with Crippen LogP contribution in [-0.4, -0.2) is 47.7 Å². The number of rotatable bonds is 13. The minimum absolute atomic E-state index is 0.222. The second-order valence-electron chi connectivity index (χ2n) is 8.58. The third-order valence-corrected chi connectivity index (χ3v) is 7.63. The first kappa shape index (κ1) is 30.2. The van der Waals surface area contributed by atoms with E-state index in [2.05, 4.69) is 40.0 Å². The van der Waals surface area contributed by atoms with E-state index in [0.29, 0.717) is 33.9 Å². The topological polar surface area (TPSA) is 92.6 Å². The van der Waals surface area contributed by atoms with E-state index in [1.165, 1.54) is 23.9 Å². The number of likely N-dealkylation sites (N-methyl/N-ethyl adjacent to an activating group) is 1. The summed E-state index contributed by atoms with van der Waals surface area (Å²) < 4.78 is 14.8. The minimum Gasteiger partial charge on any atom is -0.351 e. The van der Waals surface area contributed by atoms with Gasteiger partial charge in [-0.05, 0) is 60.6 Å². The fourth-order valence-corrected chi connectivity index (χ4v) is 4.96. The average molecular weight is 615 g/mol. The molecule has 7 nitrogen and oxygen atoms in total. The van der Waals surface area contributed by atoms with Gasteiger partial charge >= 0.3 is 5.69 Å². The number of hydrogen-bond donors (Lipinski definition) is 1. The molecule has 1 amide bonds. The quantitative estimate of drug-likeness (QED) is 0.0995. The molecular formula is C29H29BrFN3O4S. The summed E-state index contributed by atoms with van der Waals surface area (Å²) in [5.74, 6) is -1.00. The fraction of sp³-hybridized carbons (Fsp3) is 0.241. The molecule has 0 aromatic heterocycles. The smallest absolute Gasteiger partial charge is 0.305 e. The highest BCUT2D eigenvalue weighted by molar-refractivity contribution is 9.10. The first-order valence-electron chi connectivity index (χ1n) is 12.4. The van der Waals surface area contributed by atoms with Crippen LogP contribution >= 0.6 is 27.7 Å². The van der Waals surface area contributed by atoms with Crippen LogP contribution in [0.25, 0.3) is 6.08 Å². The highest BCUT2D eigenvalue weighted by atomic mass is 79.9. The summed E-state index contributed by atoms with van der Waals surface area (Å²) in [6.07, 6.45) is 1.52. The second-order valence-corrected chi connectivity index (χ2v) is 10.5. The van der Waals surface area contributed by atoms with Crippen molar-refractivity contribution in [2.45, 2.75) is 19.6 Å². The van der Waals surface area contributed by atoms with Crippen LogP contribution in [0.15, 0.2) is 76.1 Å². The zero-order valence-corrected chi connectivity index (χ0v) is 24.1. The Bertz CT molecular complexity index is 1340. The molecule has 3 aromatic carbocycles. The molecule has 0 saturated carbocycles. The van der Waals surface area contributed by atoms with Gasteiger partial charge in [-0.3, -0.25) is 19.7 Å². The number of benzene rings is 3. The number of carbonyl (C=O) groups is 2. The van der Waals surface area contributed by atoms with E-state index in [1.807, 2.05) is 24.3 Å². The summed E-state index contributed by atoms with van der Waals surface area (Å²) in [4.78, 5) is 39.0. The normalized spacial score (nSPS) is 11.5. The first-order valence-corrected chi connectivity index (χ1v) is 14.2. The number of ketones is 1. The van der Waals surface area contributed by atoms with Gasteiger partial charge in [-0.1, -0.05) is 60.1 Å². The predicted octanol–water partition coefficient (Wildman–Crippen LogP) is 6.73. The molecule has 3 aromatic rings. The molecule has 10 heteroatoms. The minimum atomic E-state index is -0.946. The van der Waals surface area contributed by atoms with Crippen LogP contribution in [0, 0.1) is 15.9 Å². The largest absolute Gasteiger partial charge is 0.351 e. The fourth-order valence-electron chi connectivity index (χ4n) is 3.71. The van der Waals surface area contributed by atoms with Crippen LogP contribution in [0.3, 0.4) is 0 Å². The Labute approximate surface area is 239 Å². The lowest BCUT2D eigenvalue weighted by Crippen LogP contribution is -2.34. The number of hydrogen-bond acceptors (Lipinski definition) is 6. The molecule has 0 aliphatic rings. The molecule has 0 fully saturated rings. The summed E-state index contributed by atoms with van der Waals surface area (Å²) in [7, 11) is 0. The summed E-state index contributed by atoms with van der Waals surface area (Å²) >= 11 is 4.68. The van der Waals surface area contributed by atoms with E-state index in [4.69, 9.17) is 0 Å². The standard InChI is InChI=1S/C29H29BrFN3O4S/c1-3-33(4-2)16-15-32-29(36)23-10-8-22(9-11-23)28(35)27(39-19-20-5-12-24(30)13-6-20)18-21-7-14-25(31)26(17-21)34(37)38/h5-14,17-18H,3-4,15-16,19H2,1-2H3,(H,32,36)/b27-18+. The van der Waals surface area contributed by atoms with Crippen LogP contribution in [0.1, 0.15) is 45.7 Å². The number of nitro benzene ring substituents is 1. The van der Waals surface area contributed by atoms with Crippen molar-refractivity contribution in [3.63, 3.8) is 0 Å². The van der Waals surface area contributed by atoms with Crippen molar-refractivity contribution >= 4 is 51.1 Å². The zero-order chi connectivity index (χ0) is 28.4. The number of Topliss-reactive ketones (excluding diaryl/α,β-unsaturated/α-hetero) is 1. The summed E-state index contributed by atoms with van der Waals surface area (Å²) in [6, 6.07) is 17.5. The summed E-state index contributed by atoms with van der Waals surface area (Å²) in [5, 5.41) is 14.1. The van der Waals surface area contributed by atoms with E-state index in [9.17, 15) is 24.1 Å². The highest BCUT2D eigenvalue weighted by Crippen LogP contribution is 2.29. The van der Waals surface area contributed by atoms with E-state index < -0.39 is 16.4 Å². The molecule has 0 heterocycles. The van der Waals surface area contributed by atoms with Gasteiger partial charge in [0.25, 0.3) is 5.91 Å². The van der Waals surface area contributed by atoms with E-state index in [-0.39, 0.29) is 11.7 Å². The average Bonchev–Trinajstić information content (AvgIpc) is 2.94. The molecule has 0 radical (unpaired) electrons. The number of nitrogens with zero attached hydrogens (tertiary/aromatic N) is 2. The van der Waals surface area contributed by atoms with Gasteiger partial charge in [-0.2, -0.15) is 4.39 Å². The third kappa shape index (κ3) is 8.84. The molecule has 0 atom stereocenters. The summed E-state index contributed by atoms with van der Waals surface area (Å²) in [6.45, 7) is 7.22. The second kappa shape index (κ2) is 14.7. The SMILES string of the molecule is CCN(CC)CCNC(=O)c1ccc(C(=O)/C(=C\c2ccc(F)c([N+](=O)[O-])c2)SCc2ccc(Br)cc2)cc1. The maximum atomic E-state index is 13.9. The molecule has 1 N–H and O–H groups in total. The molecule has 3 rings (SSSR count). The Morgan fingerprint density at radius 2 is 1.67 bits per heavy atom. The molecule has 0 bridgehead atoms. The molecule has 204 valence electrons. The molecule has 0 aliphatic heterocycles. The maximum Gasteiger partial charge on any atom is 0.305 e. The molecular weight excluding hydrogens is 585 g/mol. The third-order valence-electron chi connectivity index (χ3n) is 6.01. The van der Waals surface area contributed by atoms with Crippen LogP contribution in [0.5, 0.6) is 0 Å². The molecule has 39 heavy (non-hydrogen) atoms. The van der Waals surface area contributed by atoms with Gasteiger partial charge in [0.2, 0.25) is 5.82 Å². The van der Waals surface area contributed by atoms with Gasteiger partial charge in [0, 0.05) is 40.5 Å². The highest BCUT2D eigenvalue weighted by Gasteiger charge is 2.18. The molecule has 0 spiro atoms. The lowest BCUT2D eigenvalue weighted by molar-refractivity contribution is -0.387. The Kier molecular flexibility index (Phi) is 11.4. The zero-order valence-electron chi connectivity index (χ0n) is 21.7. The lowest BCUT2D eigenvalue weighted by atomic mass is 10.1. The van der Waals surface area contributed by atoms with Crippen LogP contribution in [0.4, 0.5) is 10.1 Å². The lowest BCUT2D eigenvalue weighted by Gasteiger charge is -2.18. The number of nitro groups is 1. The predicted molar refractivity (Wildman–Crippen MR) is 157 cm³/mol. The van der Waals surface area contributed by atoms with Crippen LogP contribution in [-0.2, 0) is 5.75 Å². The number of halogens is 2. The first-order chi connectivity index (χ1) is 18.7. The van der Waals surface area contributed by atoms with E-state index in [0.717, 1.165) is 41.8 Å². The number of thioether (sulfide) groups is 1. The Morgan fingerprint density at radius 1 is 1.03 bits per heavy atom. The molecule has 0 aliphatic carbocycles. The van der Waals surface area contributed by atoms with Crippen molar-refractivity contribution in [3.05, 3.63) is 114 Å². The monoisotopic (exact) mass is 613 g/mol. The van der Waals surface area contributed by atoms with Crippen LogP contribution < -0.4 is 5.32 Å². The van der Waals surface area contributed by atoms with Crippen molar-refractivity contribution in [2.75, 3.05) is 26.2 Å². The van der Waals surface area contributed by atoms with Gasteiger partial charge in [-0.25, -0.2) is 0 Å². The van der Waals surface area contributed by atoms with Gasteiger partial charge in [0.15, 0.2) is 5.78 Å². The van der Waals surface area contributed by atoms with E-state index in [1.54, 1.807) is 24.3 Å². The van der Waals surface area contributed by atoms with Gasteiger partial charge < -0.3 is 10.2 Å². The van der Waals surface area contributed by atoms with Crippen molar-refractivity contribution in [1.82, 2.24) is 10.2 Å². The Hall–Kier alpha value is -3.34. The number of carbonyl (C=O) groups excluding carboxylic acids is 2. The van der Waals surface area contributed by atoms with Crippen molar-refractivity contribution in [1.29, 1.82) is 0 Å². The maximum absolute atomic E-state index is 13.9. The van der Waals surface area contributed by atoms with Crippen molar-refractivity contribution < 1.29 is 18.9 Å². The molecule has 0 saturated heterocycles. The Balaban J connectivity index is 1.81. The number of nitrogens with one attached hydrogen (secondary N) is 1. The van der Waals surface area contributed by atoms with Crippen LogP contribution in [0.2, 0.25) is 0 Å². The molecule has 0 unspecified atom stereocenters. The van der Waals surface area contributed by atoms with E-state index >= 15 is 0 Å². The number of amides is 1. The summed E-state index contributed by atoms with van der Waals surface area (Å²) in [5.41, 5.74) is 1.45. The Morgan fingerprint density at radius 3 is 2.28 bits per heavy atom. The van der Waals surface area contributed by atoms with Crippen molar-refractivity contribution in [3.8, 4) is 0 Å². The van der Waals surface area contributed by atoms with Gasteiger partial charge in [0.1, 0.15) is 0 Å². The number of allylic oxidation sites excluding steroid dienone is 1. The van der Waals surface area contributed by atoms with Crippen molar-refractivity contribution in [2.24, 2.45) is 0 Å². The van der Waals surface area contributed by atoms with Gasteiger partial charge in [-0.15, -0.1) is 11.8 Å². The van der Waals surface area contributed by atoms with Gasteiger partial charge in [0.05, 0.1) is 9.83 Å².